The molecule has 0 saturated carbocycles. The summed E-state index contributed by atoms with van der Waals surface area (Å²) >= 11 is 0. The van der Waals surface area contributed by atoms with Gasteiger partial charge in [0, 0.05) is 5.56 Å². The van der Waals surface area contributed by atoms with E-state index in [4.69, 9.17) is 14.9 Å². The van der Waals surface area contributed by atoms with E-state index in [2.05, 4.69) is 12.2 Å². The molecule has 5 heteroatoms. The van der Waals surface area contributed by atoms with Crippen molar-refractivity contribution in [3.8, 4) is 5.75 Å². The molecule has 5 nitrogen and oxygen atoms in total. The summed E-state index contributed by atoms with van der Waals surface area (Å²) in [4.78, 5) is 11.7. The largest absolute Gasteiger partial charge is 0.496 e. The van der Waals surface area contributed by atoms with Crippen molar-refractivity contribution in [1.29, 1.82) is 5.41 Å². The van der Waals surface area contributed by atoms with Crippen LogP contribution in [-0.2, 0) is 11.3 Å². The van der Waals surface area contributed by atoms with Crippen molar-refractivity contribution < 1.29 is 14.3 Å². The lowest BCUT2D eigenvalue weighted by Crippen LogP contribution is -2.31. The van der Waals surface area contributed by atoms with E-state index in [0.717, 1.165) is 5.56 Å². The lowest BCUT2D eigenvalue weighted by molar-refractivity contribution is 0.145. The first-order chi connectivity index (χ1) is 10.6. The van der Waals surface area contributed by atoms with Crippen LogP contribution in [-0.4, -0.2) is 19.0 Å². The summed E-state index contributed by atoms with van der Waals surface area (Å²) in [5.41, 5.74) is 2.11. The topological polar surface area (TPSA) is 71.4 Å². The average Bonchev–Trinajstić information content (AvgIpc) is 2.54. The summed E-state index contributed by atoms with van der Waals surface area (Å²) in [5, 5.41) is 10.3. The molecule has 113 valence electrons. The van der Waals surface area contributed by atoms with Gasteiger partial charge in [0.2, 0.25) is 0 Å². The van der Waals surface area contributed by atoms with Gasteiger partial charge in [-0.2, -0.15) is 0 Å². The quantitative estimate of drug-likeness (QED) is 0.672. The van der Waals surface area contributed by atoms with Gasteiger partial charge in [0.25, 0.3) is 0 Å². The van der Waals surface area contributed by atoms with E-state index in [0.29, 0.717) is 16.9 Å². The van der Waals surface area contributed by atoms with Gasteiger partial charge in [-0.1, -0.05) is 42.5 Å². The monoisotopic (exact) mass is 297 g/mol. The summed E-state index contributed by atoms with van der Waals surface area (Å²) in [6.07, 6.45) is -0.675. The third-order valence-corrected chi connectivity index (χ3v) is 3.02. The first-order valence-corrected chi connectivity index (χ1v) is 6.67. The Bertz CT molecular complexity index is 669. The molecule has 0 spiro atoms. The zero-order valence-electron chi connectivity index (χ0n) is 12.3. The molecule has 0 aromatic heterocycles. The van der Waals surface area contributed by atoms with Crippen molar-refractivity contribution in [2.45, 2.75) is 6.61 Å². The van der Waals surface area contributed by atoms with Crippen molar-refractivity contribution in [3.05, 3.63) is 72.1 Å². The fourth-order valence-corrected chi connectivity index (χ4v) is 1.83. The molecule has 0 aliphatic rings. The molecule has 0 aliphatic carbocycles. The number of rotatable bonds is 4. The molecule has 0 saturated heterocycles. The van der Waals surface area contributed by atoms with Crippen LogP contribution in [0.1, 0.15) is 16.7 Å². The number of benzene rings is 2. The lowest BCUT2D eigenvalue weighted by Gasteiger charge is -2.10. The standard InChI is InChI=1S/C17H17N2O3/c1-12-8-9-14(10-15(12)21-2)16(18)19-17(20)22-11-13-6-4-3-5-7-13/h3-10H,1,11H2,2H3,(H2,18,19,20). The second-order valence-electron chi connectivity index (χ2n) is 4.59. The number of hydrogen-bond donors (Lipinski definition) is 2. The highest BCUT2D eigenvalue weighted by molar-refractivity contribution is 6.04. The van der Waals surface area contributed by atoms with Crippen LogP contribution >= 0.6 is 0 Å². The first kappa shape index (κ1) is 15.6. The molecule has 0 aliphatic heterocycles. The number of amides is 1. The van der Waals surface area contributed by atoms with Crippen molar-refractivity contribution in [1.82, 2.24) is 5.32 Å². The fraction of sp³-hybridized carbons (Fsp3) is 0.118. The van der Waals surface area contributed by atoms with Crippen molar-refractivity contribution in [2.24, 2.45) is 0 Å². The molecular formula is C17H17N2O3. The molecule has 1 amide bonds. The SMILES string of the molecule is [CH2]c1ccc(C(=N)NC(=O)OCc2ccccc2)cc1OC. The van der Waals surface area contributed by atoms with Crippen LogP contribution in [0.2, 0.25) is 0 Å². The van der Waals surface area contributed by atoms with E-state index in [1.165, 1.54) is 7.11 Å². The second kappa shape index (κ2) is 7.26. The van der Waals surface area contributed by atoms with Gasteiger partial charge < -0.3 is 9.47 Å². The van der Waals surface area contributed by atoms with Crippen LogP contribution in [0.15, 0.2) is 48.5 Å². The molecule has 0 fully saturated rings. The average molecular weight is 297 g/mol. The number of amidine groups is 1. The zero-order chi connectivity index (χ0) is 15.9. The molecule has 2 N–H and O–H groups in total. The Morgan fingerprint density at radius 2 is 1.95 bits per heavy atom. The van der Waals surface area contributed by atoms with Crippen LogP contribution in [0.3, 0.4) is 0 Å². The molecule has 0 bridgehead atoms. The smallest absolute Gasteiger partial charge is 0.413 e. The fourth-order valence-electron chi connectivity index (χ4n) is 1.83. The van der Waals surface area contributed by atoms with Gasteiger partial charge in [-0.15, -0.1) is 0 Å². The predicted octanol–water partition coefficient (Wildman–Crippen LogP) is 3.13. The number of hydrogen-bond acceptors (Lipinski definition) is 4. The van der Waals surface area contributed by atoms with E-state index in [1.54, 1.807) is 18.2 Å². The minimum Gasteiger partial charge on any atom is -0.496 e. The van der Waals surface area contributed by atoms with Crippen LogP contribution in [0.25, 0.3) is 0 Å². The highest BCUT2D eigenvalue weighted by Crippen LogP contribution is 2.18. The molecule has 22 heavy (non-hydrogen) atoms. The van der Waals surface area contributed by atoms with Crippen molar-refractivity contribution in [3.63, 3.8) is 0 Å². The summed E-state index contributed by atoms with van der Waals surface area (Å²) in [5.74, 6) is 0.498. The van der Waals surface area contributed by atoms with Crippen LogP contribution < -0.4 is 10.1 Å². The second-order valence-corrected chi connectivity index (χ2v) is 4.59. The Hall–Kier alpha value is -2.82. The van der Waals surface area contributed by atoms with Crippen LogP contribution in [0, 0.1) is 12.3 Å². The van der Waals surface area contributed by atoms with Gasteiger partial charge >= 0.3 is 6.09 Å². The number of ether oxygens (including phenoxy) is 2. The maximum atomic E-state index is 11.7. The van der Waals surface area contributed by atoms with E-state index < -0.39 is 6.09 Å². The van der Waals surface area contributed by atoms with E-state index in [-0.39, 0.29) is 12.4 Å². The van der Waals surface area contributed by atoms with Gasteiger partial charge in [0.05, 0.1) is 7.11 Å². The maximum Gasteiger partial charge on any atom is 0.413 e. The number of alkyl carbamates (subject to hydrolysis) is 1. The minimum atomic E-state index is -0.675. The Labute approximate surface area is 129 Å². The molecule has 0 unspecified atom stereocenters. The Balaban J connectivity index is 1.92. The normalized spacial score (nSPS) is 9.91. The highest BCUT2D eigenvalue weighted by Gasteiger charge is 2.10. The van der Waals surface area contributed by atoms with Crippen LogP contribution in [0.5, 0.6) is 5.75 Å². The van der Waals surface area contributed by atoms with Gasteiger partial charge in [0.1, 0.15) is 18.2 Å². The summed E-state index contributed by atoms with van der Waals surface area (Å²) < 4.78 is 10.2. The predicted molar refractivity (Wildman–Crippen MR) is 84.0 cm³/mol. The number of carbonyl (C=O) groups is 1. The third-order valence-electron chi connectivity index (χ3n) is 3.02. The molecule has 2 rings (SSSR count). The summed E-state index contributed by atoms with van der Waals surface area (Å²) in [6.45, 7) is 3.96. The van der Waals surface area contributed by atoms with Crippen LogP contribution in [0.4, 0.5) is 4.79 Å². The third kappa shape index (κ3) is 4.09. The van der Waals surface area contributed by atoms with Gasteiger partial charge in [0.15, 0.2) is 0 Å². The van der Waals surface area contributed by atoms with Gasteiger partial charge in [-0.25, -0.2) is 4.79 Å². The number of methoxy groups -OCH3 is 1. The highest BCUT2D eigenvalue weighted by atomic mass is 16.5. The molecule has 2 aromatic rings. The summed E-state index contributed by atoms with van der Waals surface area (Å²) in [6, 6.07) is 14.4. The summed E-state index contributed by atoms with van der Waals surface area (Å²) in [7, 11) is 1.53. The minimum absolute atomic E-state index is 0.0589. The Kier molecular flexibility index (Phi) is 5.14. The molecule has 0 atom stereocenters. The van der Waals surface area contributed by atoms with E-state index in [1.807, 2.05) is 30.3 Å². The van der Waals surface area contributed by atoms with Gasteiger partial charge in [-0.3, -0.25) is 10.7 Å². The van der Waals surface area contributed by atoms with Crippen molar-refractivity contribution >= 4 is 11.9 Å². The van der Waals surface area contributed by atoms with E-state index in [9.17, 15) is 4.79 Å². The molecule has 2 aromatic carbocycles. The number of nitrogens with one attached hydrogen (secondary N) is 2. The number of carbonyl (C=O) groups excluding carboxylic acids is 1. The zero-order valence-corrected chi connectivity index (χ0v) is 12.3. The Morgan fingerprint density at radius 1 is 1.23 bits per heavy atom. The van der Waals surface area contributed by atoms with Crippen molar-refractivity contribution in [2.75, 3.05) is 7.11 Å². The Morgan fingerprint density at radius 3 is 2.64 bits per heavy atom. The lowest BCUT2D eigenvalue weighted by atomic mass is 10.1. The first-order valence-electron chi connectivity index (χ1n) is 6.67. The van der Waals surface area contributed by atoms with E-state index >= 15 is 0 Å². The molecular weight excluding hydrogens is 280 g/mol. The maximum absolute atomic E-state index is 11.7. The molecule has 0 heterocycles. The van der Waals surface area contributed by atoms with Gasteiger partial charge in [-0.05, 0) is 24.1 Å². The molecule has 1 radical (unpaired) electrons.